The molecule has 0 spiro atoms. The molecule has 1 aromatic carbocycles. The van der Waals surface area contributed by atoms with Crippen LogP contribution >= 0.6 is 0 Å². The molecule has 0 radical (unpaired) electrons. The summed E-state index contributed by atoms with van der Waals surface area (Å²) in [5, 5.41) is 19.4. The molecule has 0 amide bonds. The first kappa shape index (κ1) is 11.1. The Bertz CT molecular complexity index is 555. The molecule has 1 heterocycles. The van der Waals surface area contributed by atoms with E-state index in [-0.39, 0.29) is 11.4 Å². The molecule has 2 rings (SSSR count). The summed E-state index contributed by atoms with van der Waals surface area (Å²) in [6, 6.07) is 8.98. The number of carbonyl (C=O) groups is 1. The van der Waals surface area contributed by atoms with Gasteiger partial charge in [0, 0.05) is 5.69 Å². The molecule has 0 fully saturated rings. The molecule has 0 aliphatic carbocycles. The monoisotopic (exact) mass is 229 g/mol. The van der Waals surface area contributed by atoms with Crippen molar-refractivity contribution in [1.82, 2.24) is 10.2 Å². The Hall–Kier alpha value is -2.43. The number of nitrogens with one attached hydrogen (secondary N) is 1. The number of carboxylic acid groups (broad SMARTS) is 1. The van der Waals surface area contributed by atoms with Crippen LogP contribution in [0.1, 0.15) is 15.9 Å². The maximum Gasteiger partial charge on any atom is 0.339 e. The topological polar surface area (TPSA) is 75.1 Å². The molecule has 0 aliphatic heterocycles. The quantitative estimate of drug-likeness (QED) is 0.844. The van der Waals surface area contributed by atoms with Crippen molar-refractivity contribution in [2.45, 2.75) is 6.92 Å². The van der Waals surface area contributed by atoms with Crippen LogP contribution in [-0.4, -0.2) is 21.3 Å². The fraction of sp³-hybridized carbons (Fsp3) is 0.0833. The van der Waals surface area contributed by atoms with Crippen LogP contribution in [0.4, 0.5) is 11.5 Å². The van der Waals surface area contributed by atoms with Crippen LogP contribution in [0, 0.1) is 6.92 Å². The molecule has 5 nitrogen and oxygen atoms in total. The predicted octanol–water partition coefficient (Wildman–Crippen LogP) is 2.23. The Morgan fingerprint density at radius 3 is 2.76 bits per heavy atom. The van der Waals surface area contributed by atoms with Crippen molar-refractivity contribution in [3.8, 4) is 0 Å². The SMILES string of the molecule is Cc1ccccc1Nc1nnccc1C(=O)O. The van der Waals surface area contributed by atoms with Crippen LogP contribution in [0.15, 0.2) is 36.5 Å². The average molecular weight is 229 g/mol. The average Bonchev–Trinajstić information content (AvgIpc) is 2.32. The number of rotatable bonds is 3. The van der Waals surface area contributed by atoms with Crippen LogP contribution in [0.3, 0.4) is 0 Å². The molecule has 2 N–H and O–H groups in total. The van der Waals surface area contributed by atoms with E-state index in [0.29, 0.717) is 0 Å². The Kier molecular flexibility index (Phi) is 3.00. The molecule has 0 unspecified atom stereocenters. The highest BCUT2D eigenvalue weighted by Crippen LogP contribution is 2.20. The Morgan fingerprint density at radius 2 is 2.06 bits per heavy atom. The lowest BCUT2D eigenvalue weighted by molar-refractivity contribution is 0.0697. The summed E-state index contributed by atoms with van der Waals surface area (Å²) in [5.74, 6) is -0.787. The van der Waals surface area contributed by atoms with Crippen molar-refractivity contribution in [3.05, 3.63) is 47.7 Å². The summed E-state index contributed by atoms with van der Waals surface area (Å²) < 4.78 is 0. The van der Waals surface area contributed by atoms with Gasteiger partial charge in [-0.3, -0.25) is 0 Å². The first-order valence-electron chi connectivity index (χ1n) is 5.06. The number of aromatic carboxylic acids is 1. The number of carboxylic acids is 1. The Balaban J connectivity index is 2.37. The normalized spacial score (nSPS) is 9.94. The highest BCUT2D eigenvalue weighted by molar-refractivity contribution is 5.93. The summed E-state index contributed by atoms with van der Waals surface area (Å²) in [4.78, 5) is 11.0. The van der Waals surface area contributed by atoms with Gasteiger partial charge < -0.3 is 10.4 Å². The smallest absolute Gasteiger partial charge is 0.339 e. The van der Waals surface area contributed by atoms with Gasteiger partial charge >= 0.3 is 5.97 Å². The number of aromatic nitrogens is 2. The largest absolute Gasteiger partial charge is 0.478 e. The molecule has 0 saturated heterocycles. The minimum Gasteiger partial charge on any atom is -0.478 e. The van der Waals surface area contributed by atoms with Crippen molar-refractivity contribution >= 4 is 17.5 Å². The third kappa shape index (κ3) is 2.39. The Labute approximate surface area is 98.1 Å². The standard InChI is InChI=1S/C12H11N3O2/c1-8-4-2-3-5-10(8)14-11-9(12(16)17)6-7-13-15-11/h2-7H,1H3,(H,14,15)(H,16,17). The van der Waals surface area contributed by atoms with E-state index < -0.39 is 5.97 Å². The zero-order valence-corrected chi connectivity index (χ0v) is 9.21. The molecule has 2 aromatic rings. The van der Waals surface area contributed by atoms with Crippen LogP contribution in [0.2, 0.25) is 0 Å². The van der Waals surface area contributed by atoms with E-state index in [9.17, 15) is 4.79 Å². The second-order valence-corrected chi connectivity index (χ2v) is 3.54. The van der Waals surface area contributed by atoms with E-state index in [1.165, 1.54) is 12.3 Å². The van der Waals surface area contributed by atoms with E-state index in [4.69, 9.17) is 5.11 Å². The van der Waals surface area contributed by atoms with Gasteiger partial charge in [-0.15, -0.1) is 5.10 Å². The van der Waals surface area contributed by atoms with Gasteiger partial charge in [0.05, 0.1) is 6.20 Å². The number of benzene rings is 1. The first-order valence-corrected chi connectivity index (χ1v) is 5.06. The second-order valence-electron chi connectivity index (χ2n) is 3.54. The molecule has 86 valence electrons. The lowest BCUT2D eigenvalue weighted by Gasteiger charge is -2.09. The number of anilines is 2. The van der Waals surface area contributed by atoms with Gasteiger partial charge in [-0.1, -0.05) is 18.2 Å². The zero-order valence-electron chi connectivity index (χ0n) is 9.21. The van der Waals surface area contributed by atoms with Crippen molar-refractivity contribution < 1.29 is 9.90 Å². The van der Waals surface area contributed by atoms with Crippen LogP contribution < -0.4 is 5.32 Å². The van der Waals surface area contributed by atoms with E-state index in [1.54, 1.807) is 0 Å². The van der Waals surface area contributed by atoms with Crippen molar-refractivity contribution in [3.63, 3.8) is 0 Å². The first-order chi connectivity index (χ1) is 8.18. The number of hydrogen-bond donors (Lipinski definition) is 2. The van der Waals surface area contributed by atoms with Gasteiger partial charge in [0.2, 0.25) is 0 Å². The van der Waals surface area contributed by atoms with E-state index in [2.05, 4.69) is 15.5 Å². The molecule has 0 aliphatic rings. The summed E-state index contributed by atoms with van der Waals surface area (Å²) >= 11 is 0. The third-order valence-electron chi connectivity index (χ3n) is 2.35. The molecule has 0 bridgehead atoms. The van der Waals surface area contributed by atoms with E-state index >= 15 is 0 Å². The molecule has 1 aromatic heterocycles. The molecule has 0 saturated carbocycles. The van der Waals surface area contributed by atoms with Gasteiger partial charge in [-0.25, -0.2) is 4.79 Å². The number of hydrogen-bond acceptors (Lipinski definition) is 4. The van der Waals surface area contributed by atoms with Crippen molar-refractivity contribution in [2.75, 3.05) is 5.32 Å². The van der Waals surface area contributed by atoms with E-state index in [0.717, 1.165) is 11.3 Å². The minimum atomic E-state index is -1.03. The Morgan fingerprint density at radius 1 is 1.29 bits per heavy atom. The molecule has 0 atom stereocenters. The highest BCUT2D eigenvalue weighted by atomic mass is 16.4. The summed E-state index contributed by atoms with van der Waals surface area (Å²) in [6.45, 7) is 1.93. The fourth-order valence-electron chi connectivity index (χ4n) is 1.44. The lowest BCUT2D eigenvalue weighted by atomic mass is 10.2. The van der Waals surface area contributed by atoms with Gasteiger partial charge in [-0.05, 0) is 24.6 Å². The zero-order chi connectivity index (χ0) is 12.3. The molecule has 17 heavy (non-hydrogen) atoms. The van der Waals surface area contributed by atoms with Gasteiger partial charge in [0.15, 0.2) is 5.82 Å². The number of aryl methyl sites for hydroxylation is 1. The lowest BCUT2D eigenvalue weighted by Crippen LogP contribution is -2.06. The predicted molar refractivity (Wildman–Crippen MR) is 63.5 cm³/mol. The van der Waals surface area contributed by atoms with Crippen molar-refractivity contribution in [2.24, 2.45) is 0 Å². The maximum absolute atomic E-state index is 11.0. The maximum atomic E-state index is 11.0. The summed E-state index contributed by atoms with van der Waals surface area (Å²) in [6.07, 6.45) is 1.35. The van der Waals surface area contributed by atoms with Crippen LogP contribution in [-0.2, 0) is 0 Å². The van der Waals surface area contributed by atoms with Crippen LogP contribution in [0.25, 0.3) is 0 Å². The van der Waals surface area contributed by atoms with Crippen LogP contribution in [0.5, 0.6) is 0 Å². The van der Waals surface area contributed by atoms with Gasteiger partial charge in [-0.2, -0.15) is 5.10 Å². The molecular formula is C12H11N3O2. The van der Waals surface area contributed by atoms with Gasteiger partial charge in [0.25, 0.3) is 0 Å². The molecule has 5 heteroatoms. The number of para-hydroxylation sites is 1. The summed E-state index contributed by atoms with van der Waals surface area (Å²) in [7, 11) is 0. The van der Waals surface area contributed by atoms with Crippen molar-refractivity contribution in [1.29, 1.82) is 0 Å². The third-order valence-corrected chi connectivity index (χ3v) is 2.35. The van der Waals surface area contributed by atoms with Gasteiger partial charge in [0.1, 0.15) is 5.56 Å². The highest BCUT2D eigenvalue weighted by Gasteiger charge is 2.11. The summed E-state index contributed by atoms with van der Waals surface area (Å²) in [5.41, 5.74) is 1.92. The minimum absolute atomic E-state index is 0.100. The second kappa shape index (κ2) is 4.61. The van der Waals surface area contributed by atoms with E-state index in [1.807, 2.05) is 31.2 Å². The number of nitrogens with zero attached hydrogens (tertiary/aromatic N) is 2. The molecular weight excluding hydrogens is 218 g/mol. The fourth-order valence-corrected chi connectivity index (χ4v) is 1.44.